The van der Waals surface area contributed by atoms with Gasteiger partial charge in [0.05, 0.1) is 5.92 Å². The average Bonchev–Trinajstić information content (AvgIpc) is 2.29. The number of rotatable bonds is 4. The Balaban J connectivity index is 0.000000494. The molecule has 1 fully saturated rings. The molecule has 0 amide bonds. The molecule has 3 N–H and O–H groups in total. The van der Waals surface area contributed by atoms with Crippen LogP contribution < -0.4 is 0 Å². The van der Waals surface area contributed by atoms with Gasteiger partial charge in [0.25, 0.3) is 0 Å². The molecule has 6 heteroatoms. The van der Waals surface area contributed by atoms with Gasteiger partial charge < -0.3 is 20.1 Å². The molecule has 1 unspecified atom stereocenters. The Hall–Kier alpha value is -0.585. The molecule has 0 radical (unpaired) electrons. The lowest BCUT2D eigenvalue weighted by atomic mass is 9.79. The van der Waals surface area contributed by atoms with Crippen LogP contribution >= 0.6 is 0 Å². The summed E-state index contributed by atoms with van der Waals surface area (Å²) in [5.41, 5.74) is 0. The van der Waals surface area contributed by atoms with Gasteiger partial charge in [-0.15, -0.1) is 0 Å². The second-order valence-electron chi connectivity index (χ2n) is 5.14. The van der Waals surface area contributed by atoms with Crippen LogP contribution in [0.2, 0.25) is 6.32 Å². The summed E-state index contributed by atoms with van der Waals surface area (Å²) < 4.78 is 0. The number of carboxylic acids is 1. The van der Waals surface area contributed by atoms with Gasteiger partial charge >= 0.3 is 13.1 Å². The molecule has 1 aliphatic carbocycles. The van der Waals surface area contributed by atoms with E-state index in [0.717, 1.165) is 25.8 Å². The van der Waals surface area contributed by atoms with Crippen LogP contribution in [0.15, 0.2) is 0 Å². The third-order valence-electron chi connectivity index (χ3n) is 3.19. The highest BCUT2D eigenvalue weighted by molar-refractivity contribution is 6.40. The van der Waals surface area contributed by atoms with E-state index in [0.29, 0.717) is 12.2 Å². The average molecular weight is 259 g/mol. The van der Waals surface area contributed by atoms with Crippen LogP contribution in [0.4, 0.5) is 0 Å². The maximum Gasteiger partial charge on any atom is 0.451 e. The first kappa shape index (κ1) is 17.4. The molecule has 0 aliphatic heterocycles. The number of hydrogen-bond donors (Lipinski definition) is 3. The molecule has 0 aromatic carbocycles. The number of carbonyl (C=O) groups is 1. The first-order chi connectivity index (χ1) is 8.38. The minimum atomic E-state index is -1.12. The molecule has 5 nitrogen and oxygen atoms in total. The van der Waals surface area contributed by atoms with Gasteiger partial charge in [0, 0.05) is 6.54 Å². The lowest BCUT2D eigenvalue weighted by Crippen LogP contribution is -2.34. The van der Waals surface area contributed by atoms with Gasteiger partial charge in [-0.3, -0.25) is 4.79 Å². The molecular weight excluding hydrogens is 233 g/mol. The van der Waals surface area contributed by atoms with Crippen molar-refractivity contribution in [2.45, 2.75) is 38.9 Å². The zero-order chi connectivity index (χ0) is 14.1. The van der Waals surface area contributed by atoms with E-state index >= 15 is 0 Å². The SMILES string of the molecule is CCB(O)O.CN(C)CC1CCCC[C@@H]1C(=O)O. The summed E-state index contributed by atoms with van der Waals surface area (Å²) in [7, 11) is 2.90. The molecule has 18 heavy (non-hydrogen) atoms. The zero-order valence-corrected chi connectivity index (χ0v) is 11.7. The number of carboxylic acid groups (broad SMARTS) is 1. The molecule has 0 bridgehead atoms. The highest BCUT2D eigenvalue weighted by Crippen LogP contribution is 2.30. The quantitative estimate of drug-likeness (QED) is 0.654. The monoisotopic (exact) mass is 259 g/mol. The molecule has 0 spiro atoms. The Bertz CT molecular complexity index is 236. The van der Waals surface area contributed by atoms with E-state index in [1.54, 1.807) is 6.92 Å². The molecule has 106 valence electrons. The Morgan fingerprint density at radius 3 is 2.17 bits per heavy atom. The minimum absolute atomic E-state index is 0.101. The summed E-state index contributed by atoms with van der Waals surface area (Å²) >= 11 is 0. The van der Waals surface area contributed by atoms with E-state index in [-0.39, 0.29) is 5.92 Å². The maximum atomic E-state index is 10.9. The molecule has 2 atom stereocenters. The predicted molar refractivity (Wildman–Crippen MR) is 72.3 cm³/mol. The van der Waals surface area contributed by atoms with Crippen molar-refractivity contribution in [2.24, 2.45) is 11.8 Å². The van der Waals surface area contributed by atoms with Crippen LogP contribution in [0.25, 0.3) is 0 Å². The lowest BCUT2D eigenvalue weighted by Gasteiger charge is -2.30. The third-order valence-corrected chi connectivity index (χ3v) is 3.19. The molecule has 0 aromatic rings. The van der Waals surface area contributed by atoms with Crippen molar-refractivity contribution in [1.29, 1.82) is 0 Å². The van der Waals surface area contributed by atoms with E-state index in [1.807, 2.05) is 14.1 Å². The van der Waals surface area contributed by atoms with Crippen LogP contribution in [-0.4, -0.2) is 53.8 Å². The number of aliphatic carboxylic acids is 1. The van der Waals surface area contributed by atoms with Crippen LogP contribution in [0.1, 0.15) is 32.6 Å². The van der Waals surface area contributed by atoms with Gasteiger partial charge in [0.1, 0.15) is 0 Å². The summed E-state index contributed by atoms with van der Waals surface area (Å²) in [6.07, 6.45) is 4.65. The molecule has 0 aromatic heterocycles. The highest BCUT2D eigenvalue weighted by Gasteiger charge is 2.30. The van der Waals surface area contributed by atoms with E-state index < -0.39 is 13.1 Å². The van der Waals surface area contributed by atoms with Crippen molar-refractivity contribution >= 4 is 13.1 Å². The van der Waals surface area contributed by atoms with E-state index in [4.69, 9.17) is 15.2 Å². The Labute approximate surface area is 110 Å². The number of hydrogen-bond acceptors (Lipinski definition) is 4. The Morgan fingerprint density at radius 1 is 1.28 bits per heavy atom. The van der Waals surface area contributed by atoms with Crippen molar-refractivity contribution in [1.82, 2.24) is 4.90 Å². The Morgan fingerprint density at radius 2 is 1.78 bits per heavy atom. The van der Waals surface area contributed by atoms with Gasteiger partial charge in [-0.2, -0.15) is 0 Å². The summed E-state index contributed by atoms with van der Waals surface area (Å²) in [6.45, 7) is 2.61. The number of nitrogens with zero attached hydrogens (tertiary/aromatic N) is 1. The standard InChI is InChI=1S/C10H19NO2.C2H7BO2/c1-11(2)7-8-5-3-4-6-9(8)10(12)13;1-2-3(4)5/h8-9H,3-7H2,1-2H3,(H,12,13);4-5H,2H2,1H3/t8?,9-;/m0./s1. The fourth-order valence-corrected chi connectivity index (χ4v) is 2.22. The zero-order valence-electron chi connectivity index (χ0n) is 11.7. The van der Waals surface area contributed by atoms with E-state index in [1.165, 1.54) is 6.42 Å². The van der Waals surface area contributed by atoms with Crippen LogP contribution in [0, 0.1) is 11.8 Å². The highest BCUT2D eigenvalue weighted by atomic mass is 16.4. The minimum Gasteiger partial charge on any atom is -0.481 e. The lowest BCUT2D eigenvalue weighted by molar-refractivity contribution is -0.145. The van der Waals surface area contributed by atoms with Crippen molar-refractivity contribution in [3.8, 4) is 0 Å². The fourth-order valence-electron chi connectivity index (χ4n) is 2.22. The first-order valence-electron chi connectivity index (χ1n) is 6.62. The summed E-state index contributed by atoms with van der Waals surface area (Å²) in [6, 6.07) is 0. The Kier molecular flexibility index (Phi) is 9.05. The summed E-state index contributed by atoms with van der Waals surface area (Å²) in [5, 5.41) is 24.8. The van der Waals surface area contributed by atoms with Gasteiger partial charge in [-0.25, -0.2) is 0 Å². The topological polar surface area (TPSA) is 81.0 Å². The van der Waals surface area contributed by atoms with E-state index in [2.05, 4.69) is 4.90 Å². The first-order valence-corrected chi connectivity index (χ1v) is 6.62. The molecule has 1 aliphatic rings. The molecule has 1 saturated carbocycles. The van der Waals surface area contributed by atoms with E-state index in [9.17, 15) is 4.79 Å². The largest absolute Gasteiger partial charge is 0.481 e. The molecule has 0 saturated heterocycles. The maximum absolute atomic E-state index is 10.9. The molecular formula is C12H26BNO4. The van der Waals surface area contributed by atoms with Crippen molar-refractivity contribution in [3.63, 3.8) is 0 Å². The second-order valence-corrected chi connectivity index (χ2v) is 5.14. The van der Waals surface area contributed by atoms with Crippen molar-refractivity contribution in [3.05, 3.63) is 0 Å². The fraction of sp³-hybridized carbons (Fsp3) is 0.917. The van der Waals surface area contributed by atoms with Gasteiger partial charge in [0.2, 0.25) is 0 Å². The van der Waals surface area contributed by atoms with Crippen LogP contribution in [0.3, 0.4) is 0 Å². The molecule has 0 heterocycles. The van der Waals surface area contributed by atoms with Crippen molar-refractivity contribution in [2.75, 3.05) is 20.6 Å². The van der Waals surface area contributed by atoms with Crippen LogP contribution in [0.5, 0.6) is 0 Å². The normalized spacial score (nSPS) is 23.2. The summed E-state index contributed by atoms with van der Waals surface area (Å²) in [5.74, 6) is -0.344. The van der Waals surface area contributed by atoms with Crippen LogP contribution in [-0.2, 0) is 4.79 Å². The summed E-state index contributed by atoms with van der Waals surface area (Å²) in [4.78, 5) is 13.0. The second kappa shape index (κ2) is 9.36. The smallest absolute Gasteiger partial charge is 0.451 e. The van der Waals surface area contributed by atoms with Gasteiger partial charge in [-0.1, -0.05) is 19.8 Å². The van der Waals surface area contributed by atoms with Gasteiger partial charge in [-0.05, 0) is 39.2 Å². The molecule has 1 rings (SSSR count). The third kappa shape index (κ3) is 7.69. The predicted octanol–water partition coefficient (Wildman–Crippen LogP) is 0.918. The van der Waals surface area contributed by atoms with Gasteiger partial charge in [0.15, 0.2) is 0 Å². The van der Waals surface area contributed by atoms with Crippen molar-refractivity contribution < 1.29 is 19.9 Å².